The van der Waals surface area contributed by atoms with Crippen LogP contribution in [-0.4, -0.2) is 9.38 Å². The Bertz CT molecular complexity index is 629. The summed E-state index contributed by atoms with van der Waals surface area (Å²) >= 11 is 0. The van der Waals surface area contributed by atoms with Crippen LogP contribution >= 0.6 is 0 Å². The molecule has 0 aliphatic carbocycles. The number of nitrogens with two attached hydrogens (primary N) is 1. The lowest BCUT2D eigenvalue weighted by atomic mass is 10.2. The topological polar surface area (TPSA) is 43.3 Å². The van der Waals surface area contributed by atoms with Crippen LogP contribution in [0.25, 0.3) is 5.65 Å². The summed E-state index contributed by atoms with van der Waals surface area (Å²) in [4.78, 5) is 4.41. The van der Waals surface area contributed by atoms with Gasteiger partial charge in [-0.1, -0.05) is 45.1 Å². The largest absolute Gasteiger partial charge is 0.381 e. The van der Waals surface area contributed by atoms with Gasteiger partial charge in [-0.2, -0.15) is 0 Å². The van der Waals surface area contributed by atoms with Crippen LogP contribution in [0, 0.1) is 11.8 Å². The maximum absolute atomic E-state index is 6.02. The first-order valence-electron chi connectivity index (χ1n) is 7.52. The Morgan fingerprint density at radius 2 is 2.05 bits per heavy atom. The van der Waals surface area contributed by atoms with Gasteiger partial charge in [0.25, 0.3) is 0 Å². The van der Waals surface area contributed by atoms with E-state index in [4.69, 9.17) is 5.73 Å². The molecule has 0 radical (unpaired) electrons. The number of rotatable bonds is 5. The van der Waals surface area contributed by atoms with E-state index in [1.54, 1.807) is 0 Å². The molecule has 2 aromatic rings. The summed E-state index contributed by atoms with van der Waals surface area (Å²) < 4.78 is 2.10. The van der Waals surface area contributed by atoms with Gasteiger partial charge in [-0.25, -0.2) is 4.98 Å². The third kappa shape index (κ3) is 3.14. The van der Waals surface area contributed by atoms with Crippen molar-refractivity contribution >= 4 is 11.5 Å². The van der Waals surface area contributed by atoms with Crippen molar-refractivity contribution in [1.29, 1.82) is 0 Å². The highest BCUT2D eigenvalue weighted by Crippen LogP contribution is 2.17. The Hall–Kier alpha value is -1.95. The van der Waals surface area contributed by atoms with Crippen molar-refractivity contribution < 1.29 is 0 Å². The van der Waals surface area contributed by atoms with Gasteiger partial charge in [0.2, 0.25) is 0 Å². The minimum absolute atomic E-state index is 0.538. The van der Waals surface area contributed by atoms with E-state index in [0.717, 1.165) is 37.0 Å². The van der Waals surface area contributed by atoms with E-state index >= 15 is 0 Å². The molecular weight excluding hydrogens is 246 g/mol. The maximum Gasteiger partial charge on any atom is 0.159 e. The fourth-order valence-corrected chi connectivity index (χ4v) is 2.36. The summed E-state index contributed by atoms with van der Waals surface area (Å²) in [6.45, 7) is 4.38. The Morgan fingerprint density at radius 1 is 1.20 bits per heavy atom. The zero-order valence-electron chi connectivity index (χ0n) is 12.4. The molecule has 3 heteroatoms. The van der Waals surface area contributed by atoms with Gasteiger partial charge in [-0.3, -0.25) is 4.40 Å². The molecule has 2 heterocycles. The number of hydrogen-bond donors (Lipinski definition) is 1. The number of aryl methyl sites for hydroxylation is 1. The highest BCUT2D eigenvalue weighted by molar-refractivity contribution is 5.58. The molecule has 0 saturated heterocycles. The first-order valence-corrected chi connectivity index (χ1v) is 7.52. The number of hydrogen-bond acceptors (Lipinski definition) is 2. The third-order valence-electron chi connectivity index (χ3n) is 3.37. The van der Waals surface area contributed by atoms with Crippen molar-refractivity contribution in [1.82, 2.24) is 9.38 Å². The molecule has 0 saturated carbocycles. The van der Waals surface area contributed by atoms with Crippen LogP contribution in [0.3, 0.4) is 0 Å². The number of imidazole rings is 1. The molecule has 0 unspecified atom stereocenters. The lowest BCUT2D eigenvalue weighted by Crippen LogP contribution is -1.99. The van der Waals surface area contributed by atoms with Gasteiger partial charge in [-0.15, -0.1) is 0 Å². The van der Waals surface area contributed by atoms with E-state index in [1.807, 2.05) is 12.1 Å². The SMILES string of the molecule is CCCCCC#Cc1c(N)nc2cccc(CCC)n12. The molecule has 0 atom stereocenters. The van der Waals surface area contributed by atoms with Crippen molar-refractivity contribution in [2.75, 3.05) is 5.73 Å². The van der Waals surface area contributed by atoms with E-state index < -0.39 is 0 Å². The molecule has 0 fully saturated rings. The van der Waals surface area contributed by atoms with Crippen LogP contribution in [0.5, 0.6) is 0 Å². The molecule has 0 aliphatic rings. The first kappa shape index (κ1) is 14.5. The number of unbranched alkanes of at least 4 members (excludes halogenated alkanes) is 3. The number of anilines is 1. The summed E-state index contributed by atoms with van der Waals surface area (Å²) in [6, 6.07) is 6.14. The van der Waals surface area contributed by atoms with Crippen LogP contribution in [-0.2, 0) is 6.42 Å². The predicted octanol–water partition coefficient (Wildman–Crippen LogP) is 3.80. The van der Waals surface area contributed by atoms with E-state index in [9.17, 15) is 0 Å². The summed E-state index contributed by atoms with van der Waals surface area (Å²) in [5.74, 6) is 6.99. The van der Waals surface area contributed by atoms with Crippen LogP contribution < -0.4 is 5.73 Å². The van der Waals surface area contributed by atoms with Crippen LogP contribution in [0.1, 0.15) is 57.3 Å². The number of fused-ring (bicyclic) bond motifs is 1. The van der Waals surface area contributed by atoms with Crippen molar-refractivity contribution in [2.24, 2.45) is 0 Å². The number of aromatic nitrogens is 2. The lowest BCUT2D eigenvalue weighted by molar-refractivity contribution is 0.737. The molecular formula is C17H23N3. The third-order valence-corrected chi connectivity index (χ3v) is 3.37. The second-order valence-electron chi connectivity index (χ2n) is 5.07. The fraction of sp³-hybridized carbons (Fsp3) is 0.471. The van der Waals surface area contributed by atoms with Gasteiger partial charge in [0, 0.05) is 12.1 Å². The van der Waals surface area contributed by atoms with Crippen molar-refractivity contribution in [2.45, 2.75) is 52.4 Å². The van der Waals surface area contributed by atoms with Gasteiger partial charge in [0.05, 0.1) is 0 Å². The minimum atomic E-state index is 0.538. The number of nitrogen functional groups attached to an aromatic ring is 1. The zero-order chi connectivity index (χ0) is 14.4. The van der Waals surface area contributed by atoms with Crippen molar-refractivity contribution in [3.05, 3.63) is 29.6 Å². The zero-order valence-corrected chi connectivity index (χ0v) is 12.4. The summed E-state index contributed by atoms with van der Waals surface area (Å²) in [6.07, 6.45) is 6.65. The van der Waals surface area contributed by atoms with Gasteiger partial charge in [0.1, 0.15) is 11.3 Å². The van der Waals surface area contributed by atoms with Crippen LogP contribution in [0.4, 0.5) is 5.82 Å². The fourth-order valence-electron chi connectivity index (χ4n) is 2.36. The van der Waals surface area contributed by atoms with Crippen molar-refractivity contribution in [3.8, 4) is 11.8 Å². The van der Waals surface area contributed by atoms with Gasteiger partial charge in [0.15, 0.2) is 5.82 Å². The van der Waals surface area contributed by atoms with Crippen LogP contribution in [0.2, 0.25) is 0 Å². The number of pyridine rings is 1. The molecule has 0 bridgehead atoms. The summed E-state index contributed by atoms with van der Waals surface area (Å²) in [5, 5.41) is 0. The molecule has 2 rings (SSSR count). The second-order valence-corrected chi connectivity index (χ2v) is 5.07. The average molecular weight is 269 g/mol. The molecule has 0 spiro atoms. The lowest BCUT2D eigenvalue weighted by Gasteiger charge is -2.04. The normalized spacial score (nSPS) is 10.5. The molecule has 106 valence electrons. The molecule has 0 aromatic carbocycles. The molecule has 0 amide bonds. The van der Waals surface area contributed by atoms with E-state index in [2.05, 4.69) is 41.1 Å². The quantitative estimate of drug-likeness (QED) is 0.662. The van der Waals surface area contributed by atoms with E-state index in [-0.39, 0.29) is 0 Å². The molecule has 2 N–H and O–H groups in total. The first-order chi connectivity index (χ1) is 9.77. The number of nitrogens with zero attached hydrogens (tertiary/aromatic N) is 2. The Labute approximate surface area is 121 Å². The minimum Gasteiger partial charge on any atom is -0.381 e. The maximum atomic E-state index is 6.02. The Balaban J connectivity index is 2.33. The monoisotopic (exact) mass is 269 g/mol. The summed E-state index contributed by atoms with van der Waals surface area (Å²) in [5.41, 5.74) is 9.00. The highest BCUT2D eigenvalue weighted by atomic mass is 15.1. The van der Waals surface area contributed by atoms with Crippen LogP contribution in [0.15, 0.2) is 18.2 Å². The standard InChI is InChI=1S/C17H23N3/c1-3-5-6-7-8-12-15-17(18)19-16-13-9-11-14(10-4-2)20(15)16/h9,11,13H,3-7,10,18H2,1-2H3. The molecule has 2 aromatic heterocycles. The summed E-state index contributed by atoms with van der Waals surface area (Å²) in [7, 11) is 0. The van der Waals surface area contributed by atoms with E-state index in [0.29, 0.717) is 5.82 Å². The van der Waals surface area contributed by atoms with Gasteiger partial charge in [-0.05, 0) is 30.9 Å². The smallest absolute Gasteiger partial charge is 0.159 e. The average Bonchev–Trinajstić information content (AvgIpc) is 2.76. The molecule has 20 heavy (non-hydrogen) atoms. The van der Waals surface area contributed by atoms with E-state index in [1.165, 1.54) is 18.5 Å². The molecule has 0 aliphatic heterocycles. The van der Waals surface area contributed by atoms with Gasteiger partial charge < -0.3 is 5.73 Å². The highest BCUT2D eigenvalue weighted by Gasteiger charge is 2.09. The predicted molar refractivity (Wildman–Crippen MR) is 84.6 cm³/mol. The van der Waals surface area contributed by atoms with Crippen molar-refractivity contribution in [3.63, 3.8) is 0 Å². The molecule has 3 nitrogen and oxygen atoms in total. The van der Waals surface area contributed by atoms with Gasteiger partial charge >= 0.3 is 0 Å². The second kappa shape index (κ2) is 7.00. The Morgan fingerprint density at radius 3 is 2.80 bits per heavy atom. The Kier molecular flexibility index (Phi) is 5.06.